The van der Waals surface area contributed by atoms with E-state index in [-0.39, 0.29) is 18.2 Å². The van der Waals surface area contributed by atoms with E-state index >= 15 is 0 Å². The van der Waals surface area contributed by atoms with Gasteiger partial charge in [0.15, 0.2) is 0 Å². The van der Waals surface area contributed by atoms with Gasteiger partial charge in [-0.2, -0.15) is 0 Å². The maximum absolute atomic E-state index is 12.0. The van der Waals surface area contributed by atoms with Gasteiger partial charge in [0.05, 0.1) is 4.88 Å². The van der Waals surface area contributed by atoms with Crippen molar-refractivity contribution in [3.05, 3.63) is 52.2 Å². The highest BCUT2D eigenvalue weighted by molar-refractivity contribution is 7.12. The number of carbonyl (C=O) groups is 2. The van der Waals surface area contributed by atoms with Crippen molar-refractivity contribution >= 4 is 28.8 Å². The quantitative estimate of drug-likeness (QED) is 0.855. The summed E-state index contributed by atoms with van der Waals surface area (Å²) < 4.78 is 0. The van der Waals surface area contributed by atoms with Crippen LogP contribution in [0.4, 0.5) is 5.69 Å². The predicted octanol–water partition coefficient (Wildman–Crippen LogP) is 3.63. The van der Waals surface area contributed by atoms with Gasteiger partial charge < -0.3 is 10.6 Å². The molecule has 116 valence electrons. The molecule has 0 radical (unpaired) electrons. The summed E-state index contributed by atoms with van der Waals surface area (Å²) in [5.41, 5.74) is 1.95. The van der Waals surface area contributed by atoms with Crippen LogP contribution in [0.1, 0.15) is 41.4 Å². The summed E-state index contributed by atoms with van der Waals surface area (Å²) in [5, 5.41) is 7.51. The molecular formula is C17H20N2O2S. The van der Waals surface area contributed by atoms with Gasteiger partial charge in [-0.25, -0.2) is 0 Å². The molecular weight excluding hydrogens is 296 g/mol. The molecule has 0 spiro atoms. The highest BCUT2D eigenvalue weighted by Gasteiger charge is 2.10. The van der Waals surface area contributed by atoms with Gasteiger partial charge in [-0.15, -0.1) is 11.3 Å². The summed E-state index contributed by atoms with van der Waals surface area (Å²) in [7, 11) is 0. The number of anilines is 1. The minimum atomic E-state index is -0.134. The molecule has 2 amide bonds. The summed E-state index contributed by atoms with van der Waals surface area (Å²) in [4.78, 5) is 24.4. The fraction of sp³-hybridized carbons (Fsp3) is 0.294. The van der Waals surface area contributed by atoms with Gasteiger partial charge in [0.1, 0.15) is 0 Å². The maximum atomic E-state index is 12.0. The predicted molar refractivity (Wildman–Crippen MR) is 90.4 cm³/mol. The Morgan fingerprint density at radius 1 is 1.14 bits per heavy atom. The molecule has 0 aliphatic heterocycles. The van der Waals surface area contributed by atoms with Gasteiger partial charge in [-0.3, -0.25) is 9.59 Å². The van der Waals surface area contributed by atoms with E-state index in [9.17, 15) is 9.59 Å². The van der Waals surface area contributed by atoms with Crippen molar-refractivity contribution in [2.24, 2.45) is 0 Å². The lowest BCUT2D eigenvalue weighted by Crippen LogP contribution is -2.27. The average Bonchev–Trinajstić information content (AvgIpc) is 3.01. The topological polar surface area (TPSA) is 58.2 Å². The first-order valence-corrected chi connectivity index (χ1v) is 8.16. The summed E-state index contributed by atoms with van der Waals surface area (Å²) in [6, 6.07) is 11.4. The number of hydrogen-bond acceptors (Lipinski definition) is 3. The standard InChI is InChI=1S/C17H20N2O2S/c1-12(2)13-6-3-4-7-14(13)19-16(20)9-10-18-17(21)15-8-5-11-22-15/h3-8,11-12H,9-10H2,1-2H3,(H,18,21)(H,19,20). The van der Waals surface area contributed by atoms with Crippen LogP contribution in [0.15, 0.2) is 41.8 Å². The highest BCUT2D eigenvalue weighted by Crippen LogP contribution is 2.23. The van der Waals surface area contributed by atoms with Crippen LogP contribution in [0, 0.1) is 0 Å². The number of amides is 2. The van der Waals surface area contributed by atoms with E-state index < -0.39 is 0 Å². The molecule has 1 aromatic carbocycles. The minimum Gasteiger partial charge on any atom is -0.351 e. The zero-order valence-electron chi connectivity index (χ0n) is 12.8. The monoisotopic (exact) mass is 316 g/mol. The summed E-state index contributed by atoms with van der Waals surface area (Å²) in [5.74, 6) is 0.111. The van der Waals surface area contributed by atoms with Crippen molar-refractivity contribution in [3.8, 4) is 0 Å². The van der Waals surface area contributed by atoms with Crippen molar-refractivity contribution in [2.45, 2.75) is 26.2 Å². The Balaban J connectivity index is 1.82. The third kappa shape index (κ3) is 4.43. The molecule has 0 aliphatic carbocycles. The third-order valence-corrected chi connectivity index (χ3v) is 4.11. The number of nitrogens with one attached hydrogen (secondary N) is 2. The van der Waals surface area contributed by atoms with E-state index in [0.29, 0.717) is 17.3 Å². The van der Waals surface area contributed by atoms with Crippen LogP contribution >= 0.6 is 11.3 Å². The smallest absolute Gasteiger partial charge is 0.261 e. The number of rotatable bonds is 6. The number of para-hydroxylation sites is 1. The van der Waals surface area contributed by atoms with Gasteiger partial charge >= 0.3 is 0 Å². The molecule has 22 heavy (non-hydrogen) atoms. The fourth-order valence-electron chi connectivity index (χ4n) is 2.11. The number of hydrogen-bond donors (Lipinski definition) is 2. The lowest BCUT2D eigenvalue weighted by Gasteiger charge is -2.13. The normalized spacial score (nSPS) is 10.5. The van der Waals surface area contributed by atoms with E-state index in [1.165, 1.54) is 11.3 Å². The largest absolute Gasteiger partial charge is 0.351 e. The van der Waals surface area contributed by atoms with Crippen LogP contribution in [0.25, 0.3) is 0 Å². The van der Waals surface area contributed by atoms with E-state index in [4.69, 9.17) is 0 Å². The van der Waals surface area contributed by atoms with Gasteiger partial charge in [-0.1, -0.05) is 38.1 Å². The Morgan fingerprint density at radius 2 is 1.91 bits per heavy atom. The molecule has 0 saturated heterocycles. The Bertz CT molecular complexity index is 636. The zero-order chi connectivity index (χ0) is 15.9. The van der Waals surface area contributed by atoms with Crippen LogP contribution in [0.2, 0.25) is 0 Å². The lowest BCUT2D eigenvalue weighted by molar-refractivity contribution is -0.116. The van der Waals surface area contributed by atoms with E-state index in [1.807, 2.05) is 35.7 Å². The summed E-state index contributed by atoms with van der Waals surface area (Å²) >= 11 is 1.39. The van der Waals surface area contributed by atoms with Gasteiger partial charge in [0.2, 0.25) is 5.91 Å². The summed E-state index contributed by atoms with van der Waals surface area (Å²) in [6.45, 7) is 4.50. The second-order valence-electron chi connectivity index (χ2n) is 5.27. The molecule has 1 heterocycles. The van der Waals surface area contributed by atoms with Gasteiger partial charge in [0, 0.05) is 18.7 Å². The van der Waals surface area contributed by atoms with Crippen LogP contribution < -0.4 is 10.6 Å². The number of benzene rings is 1. The Morgan fingerprint density at radius 3 is 2.59 bits per heavy atom. The SMILES string of the molecule is CC(C)c1ccccc1NC(=O)CCNC(=O)c1cccs1. The Labute approximate surface area is 134 Å². The average molecular weight is 316 g/mol. The molecule has 0 unspecified atom stereocenters. The van der Waals surface area contributed by atoms with Crippen LogP contribution in [-0.4, -0.2) is 18.4 Å². The first-order valence-electron chi connectivity index (χ1n) is 7.28. The van der Waals surface area contributed by atoms with Crippen molar-refractivity contribution in [1.82, 2.24) is 5.32 Å². The molecule has 0 aliphatic rings. The maximum Gasteiger partial charge on any atom is 0.261 e. The first-order chi connectivity index (χ1) is 10.6. The second-order valence-corrected chi connectivity index (χ2v) is 6.22. The molecule has 0 saturated carbocycles. The van der Waals surface area contributed by atoms with Crippen molar-refractivity contribution in [1.29, 1.82) is 0 Å². The van der Waals surface area contributed by atoms with Crippen LogP contribution in [0.5, 0.6) is 0 Å². The molecule has 2 rings (SSSR count). The highest BCUT2D eigenvalue weighted by atomic mass is 32.1. The fourth-order valence-corrected chi connectivity index (χ4v) is 2.75. The first kappa shape index (κ1) is 16.2. The number of carbonyl (C=O) groups excluding carboxylic acids is 2. The van der Waals surface area contributed by atoms with E-state index in [1.54, 1.807) is 6.07 Å². The molecule has 4 nitrogen and oxygen atoms in total. The van der Waals surface area contributed by atoms with Gasteiger partial charge in [-0.05, 0) is 29.0 Å². The Kier molecular flexibility index (Phi) is 5.72. The molecule has 2 N–H and O–H groups in total. The van der Waals surface area contributed by atoms with Crippen molar-refractivity contribution in [2.75, 3.05) is 11.9 Å². The number of thiophene rings is 1. The molecule has 0 fully saturated rings. The van der Waals surface area contributed by atoms with E-state index in [0.717, 1.165) is 11.3 Å². The van der Waals surface area contributed by atoms with E-state index in [2.05, 4.69) is 24.5 Å². The van der Waals surface area contributed by atoms with Crippen molar-refractivity contribution < 1.29 is 9.59 Å². The lowest BCUT2D eigenvalue weighted by atomic mass is 10.0. The third-order valence-electron chi connectivity index (χ3n) is 3.24. The minimum absolute atomic E-state index is 0.0976. The van der Waals surface area contributed by atoms with Crippen molar-refractivity contribution in [3.63, 3.8) is 0 Å². The molecule has 0 atom stereocenters. The summed E-state index contributed by atoms with van der Waals surface area (Å²) in [6.07, 6.45) is 0.254. The van der Waals surface area contributed by atoms with Gasteiger partial charge in [0.25, 0.3) is 5.91 Å². The molecule has 0 bridgehead atoms. The molecule has 2 aromatic rings. The van der Waals surface area contributed by atoms with Crippen LogP contribution in [0.3, 0.4) is 0 Å². The Hall–Kier alpha value is -2.14. The molecule has 1 aromatic heterocycles. The van der Waals surface area contributed by atoms with Crippen LogP contribution in [-0.2, 0) is 4.79 Å². The zero-order valence-corrected chi connectivity index (χ0v) is 13.6. The molecule has 5 heteroatoms. The second kappa shape index (κ2) is 7.75.